The van der Waals surface area contributed by atoms with Crippen LogP contribution in [-0.2, 0) is 11.0 Å². The first-order chi connectivity index (χ1) is 7.30. The predicted molar refractivity (Wildman–Crippen MR) is 57.0 cm³/mol. The highest BCUT2D eigenvalue weighted by Crippen LogP contribution is 2.32. The van der Waals surface area contributed by atoms with Crippen molar-refractivity contribution in [2.75, 3.05) is 0 Å². The van der Waals surface area contributed by atoms with Gasteiger partial charge in [0.1, 0.15) is 0 Å². The molecule has 0 saturated carbocycles. The van der Waals surface area contributed by atoms with E-state index in [0.29, 0.717) is 5.56 Å². The van der Waals surface area contributed by atoms with Crippen LogP contribution in [0.15, 0.2) is 24.3 Å². The smallest absolute Gasteiger partial charge is 0.370 e. The molecular weight excluding hydrogens is 239 g/mol. The molecule has 1 atom stereocenters. The van der Waals surface area contributed by atoms with Crippen molar-refractivity contribution < 1.29 is 18.0 Å². The Bertz CT molecular complexity index is 392. The van der Waals surface area contributed by atoms with Gasteiger partial charge in [-0.05, 0) is 11.6 Å². The lowest BCUT2D eigenvalue weighted by Crippen LogP contribution is -2.13. The molecule has 0 fully saturated rings. The molecule has 1 amide bonds. The van der Waals surface area contributed by atoms with Crippen molar-refractivity contribution in [3.63, 3.8) is 0 Å². The molecule has 0 aliphatic rings. The summed E-state index contributed by atoms with van der Waals surface area (Å²) < 4.78 is 37.1. The molecular formula is C10H10F3NOS. The Morgan fingerprint density at radius 2 is 2.06 bits per heavy atom. The van der Waals surface area contributed by atoms with Crippen LogP contribution in [0.4, 0.5) is 13.2 Å². The fourth-order valence-electron chi connectivity index (χ4n) is 1.23. The number of hydrogen-bond donors (Lipinski definition) is 2. The molecule has 1 aromatic rings. The van der Waals surface area contributed by atoms with Crippen molar-refractivity contribution in [2.45, 2.75) is 17.8 Å². The lowest BCUT2D eigenvalue weighted by atomic mass is 10.1. The van der Waals surface area contributed by atoms with Crippen molar-refractivity contribution >= 4 is 18.5 Å². The normalized spacial score (nSPS) is 13.5. The summed E-state index contributed by atoms with van der Waals surface area (Å²) in [5.74, 6) is -0.600. The Labute approximate surface area is 96.0 Å². The highest BCUT2D eigenvalue weighted by molar-refractivity contribution is 7.80. The van der Waals surface area contributed by atoms with Gasteiger partial charge in [0.2, 0.25) is 5.91 Å². The second-order valence-corrected chi connectivity index (χ2v) is 3.93. The van der Waals surface area contributed by atoms with Gasteiger partial charge in [0.05, 0.1) is 5.56 Å². The second-order valence-electron chi connectivity index (χ2n) is 3.31. The predicted octanol–water partition coefficient (Wildman–Crippen LogP) is 2.55. The van der Waals surface area contributed by atoms with Crippen molar-refractivity contribution in [3.05, 3.63) is 35.4 Å². The third-order valence-electron chi connectivity index (χ3n) is 1.99. The van der Waals surface area contributed by atoms with E-state index >= 15 is 0 Å². The Morgan fingerprint density at radius 3 is 2.56 bits per heavy atom. The molecule has 0 aliphatic carbocycles. The summed E-state index contributed by atoms with van der Waals surface area (Å²) in [5.41, 5.74) is 4.52. The van der Waals surface area contributed by atoms with Gasteiger partial charge in [0.25, 0.3) is 0 Å². The molecule has 0 aromatic heterocycles. The first-order valence-corrected chi connectivity index (χ1v) is 4.96. The number of carbonyl (C=O) groups is 1. The van der Waals surface area contributed by atoms with Gasteiger partial charge in [-0.25, -0.2) is 0 Å². The van der Waals surface area contributed by atoms with E-state index in [-0.39, 0.29) is 6.42 Å². The number of thiol groups is 1. The van der Waals surface area contributed by atoms with Gasteiger partial charge in [0.15, 0.2) is 0 Å². The van der Waals surface area contributed by atoms with E-state index in [9.17, 15) is 18.0 Å². The molecule has 0 heterocycles. The van der Waals surface area contributed by atoms with Crippen LogP contribution in [-0.4, -0.2) is 5.91 Å². The molecule has 1 aromatic carbocycles. The average Bonchev–Trinajstić information content (AvgIpc) is 2.15. The standard InChI is InChI=1S/C10H10F3NOS/c11-10(12,13)7-3-1-2-6(4-7)8(16)5-9(14)15/h1-4,8,16H,5H2,(H2,14,15). The minimum atomic E-state index is -4.39. The van der Waals surface area contributed by atoms with Crippen LogP contribution in [0, 0.1) is 0 Å². The maximum atomic E-state index is 12.4. The molecule has 6 heteroatoms. The van der Waals surface area contributed by atoms with Crippen LogP contribution < -0.4 is 5.73 Å². The van der Waals surface area contributed by atoms with Crippen LogP contribution in [0.1, 0.15) is 22.8 Å². The van der Waals surface area contributed by atoms with Crippen LogP contribution >= 0.6 is 12.6 Å². The SMILES string of the molecule is NC(=O)CC(S)c1cccc(C(F)(F)F)c1. The lowest BCUT2D eigenvalue weighted by Gasteiger charge is -2.12. The third-order valence-corrected chi connectivity index (χ3v) is 2.47. The van der Waals surface area contributed by atoms with Gasteiger partial charge in [-0.15, -0.1) is 0 Å². The summed E-state index contributed by atoms with van der Waals surface area (Å²) in [5, 5.41) is -0.611. The summed E-state index contributed by atoms with van der Waals surface area (Å²) >= 11 is 4.03. The Morgan fingerprint density at radius 1 is 1.44 bits per heavy atom. The molecule has 88 valence electrons. The van der Waals surface area contributed by atoms with Gasteiger partial charge in [-0.1, -0.05) is 18.2 Å². The summed E-state index contributed by atoms with van der Waals surface area (Å²) in [7, 11) is 0. The number of benzene rings is 1. The Hall–Kier alpha value is -1.17. The zero-order valence-corrected chi connectivity index (χ0v) is 9.05. The summed E-state index contributed by atoms with van der Waals surface area (Å²) in [4.78, 5) is 10.6. The van der Waals surface area contributed by atoms with Gasteiger partial charge in [-0.3, -0.25) is 4.79 Å². The van der Waals surface area contributed by atoms with Crippen LogP contribution in [0.25, 0.3) is 0 Å². The first kappa shape index (κ1) is 12.9. The number of rotatable bonds is 3. The minimum absolute atomic E-state index is 0.0928. The molecule has 0 bridgehead atoms. The van der Waals surface area contributed by atoms with Gasteiger partial charge >= 0.3 is 6.18 Å². The molecule has 16 heavy (non-hydrogen) atoms. The molecule has 1 unspecified atom stereocenters. The number of carbonyl (C=O) groups excluding carboxylic acids is 1. The van der Waals surface area contributed by atoms with E-state index in [0.717, 1.165) is 12.1 Å². The lowest BCUT2D eigenvalue weighted by molar-refractivity contribution is -0.137. The molecule has 0 aliphatic heterocycles. The van der Waals surface area contributed by atoms with Crippen LogP contribution in [0.5, 0.6) is 0 Å². The van der Waals surface area contributed by atoms with E-state index in [2.05, 4.69) is 12.6 Å². The van der Waals surface area contributed by atoms with Crippen LogP contribution in [0.3, 0.4) is 0 Å². The maximum absolute atomic E-state index is 12.4. The third kappa shape index (κ3) is 3.44. The maximum Gasteiger partial charge on any atom is 0.416 e. The summed E-state index contributed by atoms with van der Waals surface area (Å²) in [6.45, 7) is 0. The van der Waals surface area contributed by atoms with E-state index in [1.807, 2.05) is 0 Å². The minimum Gasteiger partial charge on any atom is -0.370 e. The molecule has 0 radical (unpaired) electrons. The Balaban J connectivity index is 2.94. The number of amides is 1. The number of hydrogen-bond acceptors (Lipinski definition) is 2. The van der Waals surface area contributed by atoms with E-state index in [1.54, 1.807) is 0 Å². The van der Waals surface area contributed by atoms with Crippen molar-refractivity contribution in [3.8, 4) is 0 Å². The number of primary amides is 1. The first-order valence-electron chi connectivity index (χ1n) is 4.44. The van der Waals surface area contributed by atoms with Gasteiger partial charge < -0.3 is 5.73 Å². The quantitative estimate of drug-likeness (QED) is 0.794. The van der Waals surface area contributed by atoms with Crippen molar-refractivity contribution in [2.24, 2.45) is 5.73 Å². The van der Waals surface area contributed by atoms with Gasteiger partial charge in [-0.2, -0.15) is 25.8 Å². The number of alkyl halides is 3. The molecule has 0 spiro atoms. The zero-order valence-electron chi connectivity index (χ0n) is 8.16. The average molecular weight is 249 g/mol. The molecule has 2 N–H and O–H groups in total. The molecule has 0 saturated heterocycles. The van der Waals surface area contributed by atoms with Crippen molar-refractivity contribution in [1.29, 1.82) is 0 Å². The second kappa shape index (κ2) is 4.78. The fraction of sp³-hybridized carbons (Fsp3) is 0.300. The van der Waals surface area contributed by atoms with Gasteiger partial charge in [0, 0.05) is 11.7 Å². The largest absolute Gasteiger partial charge is 0.416 e. The van der Waals surface area contributed by atoms with E-state index < -0.39 is 22.9 Å². The monoisotopic (exact) mass is 249 g/mol. The highest BCUT2D eigenvalue weighted by atomic mass is 32.1. The molecule has 2 nitrogen and oxygen atoms in total. The summed E-state index contributed by atoms with van der Waals surface area (Å²) in [6.07, 6.45) is -4.49. The van der Waals surface area contributed by atoms with Crippen LogP contribution in [0.2, 0.25) is 0 Å². The van der Waals surface area contributed by atoms with E-state index in [4.69, 9.17) is 5.73 Å². The molecule has 1 rings (SSSR count). The Kier molecular flexibility index (Phi) is 3.85. The highest BCUT2D eigenvalue weighted by Gasteiger charge is 2.30. The fourth-order valence-corrected chi connectivity index (χ4v) is 1.57. The number of nitrogens with two attached hydrogens (primary N) is 1. The zero-order chi connectivity index (χ0) is 12.3. The topological polar surface area (TPSA) is 43.1 Å². The summed E-state index contributed by atoms with van der Waals surface area (Å²) in [6, 6.07) is 4.70. The van der Waals surface area contributed by atoms with E-state index in [1.165, 1.54) is 12.1 Å². The van der Waals surface area contributed by atoms with Crippen molar-refractivity contribution in [1.82, 2.24) is 0 Å². The number of halogens is 3.